The number of hydrogen-bond acceptors (Lipinski definition) is 4. The summed E-state index contributed by atoms with van der Waals surface area (Å²) in [7, 11) is 0. The van der Waals surface area contributed by atoms with Crippen LogP contribution >= 0.6 is 0 Å². The van der Waals surface area contributed by atoms with Crippen LogP contribution in [0.25, 0.3) is 11.4 Å². The fourth-order valence-electron chi connectivity index (χ4n) is 3.69. The summed E-state index contributed by atoms with van der Waals surface area (Å²) in [6.45, 7) is 0.704. The van der Waals surface area contributed by atoms with Gasteiger partial charge in [-0.05, 0) is 48.5 Å². The van der Waals surface area contributed by atoms with E-state index in [0.717, 1.165) is 22.5 Å². The van der Waals surface area contributed by atoms with Gasteiger partial charge in [-0.15, -0.1) is 0 Å². The van der Waals surface area contributed by atoms with Crippen LogP contribution < -0.4 is 10.6 Å². The normalized spacial score (nSPS) is 10.7. The molecule has 5 aromatic rings. The molecular weight excluding hydrogens is 452 g/mol. The molecule has 178 valence electrons. The molecule has 0 saturated carbocycles. The van der Waals surface area contributed by atoms with Crippen LogP contribution in [0.5, 0.6) is 0 Å². The van der Waals surface area contributed by atoms with E-state index in [9.17, 15) is 9.59 Å². The van der Waals surface area contributed by atoms with Gasteiger partial charge in [-0.3, -0.25) is 9.59 Å². The van der Waals surface area contributed by atoms with Crippen LogP contribution in [0.2, 0.25) is 0 Å². The number of nitrogens with zero attached hydrogens (tertiary/aromatic N) is 4. The molecule has 2 heterocycles. The average molecular weight is 477 g/mol. The Bertz CT molecular complexity index is 1340. The minimum absolute atomic E-state index is 0.220. The molecule has 0 aliphatic rings. The molecule has 2 aromatic heterocycles. The molecule has 0 bridgehead atoms. The highest BCUT2D eigenvalue weighted by Gasteiger charge is 2.10. The van der Waals surface area contributed by atoms with Gasteiger partial charge >= 0.3 is 0 Å². The van der Waals surface area contributed by atoms with Crippen molar-refractivity contribution in [1.82, 2.24) is 30.2 Å². The van der Waals surface area contributed by atoms with Gasteiger partial charge in [0.05, 0.1) is 23.8 Å². The lowest BCUT2D eigenvalue weighted by Crippen LogP contribution is -2.24. The Morgan fingerprint density at radius 1 is 0.583 bits per heavy atom. The largest absolute Gasteiger partial charge is 0.348 e. The van der Waals surface area contributed by atoms with E-state index in [1.54, 1.807) is 46.0 Å². The van der Waals surface area contributed by atoms with Crippen LogP contribution in [0.15, 0.2) is 110 Å². The van der Waals surface area contributed by atoms with Crippen molar-refractivity contribution in [3.63, 3.8) is 0 Å². The van der Waals surface area contributed by atoms with Crippen LogP contribution in [0.3, 0.4) is 0 Å². The zero-order valence-corrected chi connectivity index (χ0v) is 19.4. The lowest BCUT2D eigenvalue weighted by Gasteiger charge is -2.06. The zero-order chi connectivity index (χ0) is 24.7. The van der Waals surface area contributed by atoms with Crippen molar-refractivity contribution in [1.29, 1.82) is 0 Å². The van der Waals surface area contributed by atoms with Gasteiger partial charge in [0.15, 0.2) is 0 Å². The lowest BCUT2D eigenvalue weighted by molar-refractivity contribution is 0.0939. The maximum Gasteiger partial charge on any atom is 0.251 e. The molecular formula is C28H24N6O2. The number of benzene rings is 3. The van der Waals surface area contributed by atoms with Crippen molar-refractivity contribution >= 4 is 11.8 Å². The molecule has 0 saturated heterocycles. The molecule has 0 unspecified atom stereocenters. The van der Waals surface area contributed by atoms with E-state index in [4.69, 9.17) is 0 Å². The van der Waals surface area contributed by atoms with E-state index in [1.807, 2.05) is 73.1 Å². The van der Waals surface area contributed by atoms with Crippen LogP contribution in [-0.4, -0.2) is 31.4 Å². The highest BCUT2D eigenvalue weighted by Crippen LogP contribution is 2.10. The summed E-state index contributed by atoms with van der Waals surface area (Å²) in [5, 5.41) is 14.5. The number of rotatable bonds is 8. The quantitative estimate of drug-likeness (QED) is 0.355. The van der Waals surface area contributed by atoms with Crippen LogP contribution in [0.1, 0.15) is 31.8 Å². The summed E-state index contributed by atoms with van der Waals surface area (Å²) >= 11 is 0. The molecule has 3 aromatic carbocycles. The molecule has 0 spiro atoms. The Morgan fingerprint density at radius 2 is 0.972 bits per heavy atom. The summed E-state index contributed by atoms with van der Waals surface area (Å²) in [6.07, 6.45) is 7.22. The summed E-state index contributed by atoms with van der Waals surface area (Å²) < 4.78 is 3.53. The fourth-order valence-corrected chi connectivity index (χ4v) is 3.69. The molecule has 0 radical (unpaired) electrons. The maximum atomic E-state index is 12.6. The van der Waals surface area contributed by atoms with Crippen LogP contribution in [-0.2, 0) is 13.1 Å². The second-order valence-corrected chi connectivity index (χ2v) is 8.20. The first-order valence-electron chi connectivity index (χ1n) is 11.5. The van der Waals surface area contributed by atoms with Gasteiger partial charge in [-0.2, -0.15) is 10.2 Å². The Hall–Kier alpha value is -4.98. The first-order valence-corrected chi connectivity index (χ1v) is 11.5. The van der Waals surface area contributed by atoms with Gasteiger partial charge in [0.25, 0.3) is 11.8 Å². The van der Waals surface area contributed by atoms with Gasteiger partial charge in [0.2, 0.25) is 0 Å². The first kappa shape index (κ1) is 22.8. The van der Waals surface area contributed by atoms with Gasteiger partial charge in [0, 0.05) is 47.7 Å². The predicted molar refractivity (Wildman–Crippen MR) is 136 cm³/mol. The van der Waals surface area contributed by atoms with Crippen LogP contribution in [0.4, 0.5) is 0 Å². The molecule has 2 amide bonds. The fraction of sp³-hybridized carbons (Fsp3) is 0.0714. The van der Waals surface area contributed by atoms with E-state index in [2.05, 4.69) is 20.8 Å². The number of hydrogen-bond donors (Lipinski definition) is 2. The summed E-state index contributed by atoms with van der Waals surface area (Å²) in [4.78, 5) is 25.1. The Morgan fingerprint density at radius 3 is 1.36 bits per heavy atom. The second kappa shape index (κ2) is 10.5. The highest BCUT2D eigenvalue weighted by molar-refractivity contribution is 5.97. The van der Waals surface area contributed by atoms with Crippen molar-refractivity contribution in [2.75, 3.05) is 0 Å². The van der Waals surface area contributed by atoms with E-state index >= 15 is 0 Å². The van der Waals surface area contributed by atoms with Gasteiger partial charge in [0.1, 0.15) is 0 Å². The summed E-state index contributed by atoms with van der Waals surface area (Å²) in [6, 6.07) is 26.1. The van der Waals surface area contributed by atoms with Crippen molar-refractivity contribution < 1.29 is 9.59 Å². The SMILES string of the molecule is O=C(NCc1cnn(-c2ccccc2)c1)c1ccc(C(=O)NCc2cnn(-c3ccccc3)c2)cc1. The topological polar surface area (TPSA) is 93.8 Å². The number of carbonyl (C=O) groups excluding carboxylic acids is 2. The van der Waals surface area contributed by atoms with Gasteiger partial charge in [-0.25, -0.2) is 9.36 Å². The minimum Gasteiger partial charge on any atom is -0.348 e. The molecule has 0 fully saturated rings. The molecule has 5 rings (SSSR count). The van der Waals surface area contributed by atoms with Gasteiger partial charge < -0.3 is 10.6 Å². The minimum atomic E-state index is -0.220. The predicted octanol–water partition coefficient (Wildman–Crippen LogP) is 3.92. The third kappa shape index (κ3) is 5.39. The molecule has 36 heavy (non-hydrogen) atoms. The highest BCUT2D eigenvalue weighted by atomic mass is 16.2. The third-order valence-electron chi connectivity index (χ3n) is 5.63. The zero-order valence-electron chi connectivity index (χ0n) is 19.4. The molecule has 8 heteroatoms. The third-order valence-corrected chi connectivity index (χ3v) is 5.63. The monoisotopic (exact) mass is 476 g/mol. The summed E-state index contributed by atoms with van der Waals surface area (Å²) in [5.74, 6) is -0.439. The average Bonchev–Trinajstić information content (AvgIpc) is 3.62. The van der Waals surface area contributed by atoms with E-state index < -0.39 is 0 Å². The number of para-hydroxylation sites is 2. The number of carbonyl (C=O) groups is 2. The smallest absolute Gasteiger partial charge is 0.251 e. The molecule has 0 aliphatic carbocycles. The maximum absolute atomic E-state index is 12.6. The van der Waals surface area contributed by atoms with Crippen molar-refractivity contribution in [2.45, 2.75) is 13.1 Å². The Balaban J connectivity index is 1.12. The standard InChI is InChI=1S/C28H24N6O2/c35-27(29-15-21-17-31-33(19-21)25-7-3-1-4-8-25)23-11-13-24(14-12-23)28(36)30-16-22-18-32-34(20-22)26-9-5-2-6-10-26/h1-14,17-20H,15-16H2,(H,29,35)(H,30,36). The number of aromatic nitrogens is 4. The van der Waals surface area contributed by atoms with E-state index in [-0.39, 0.29) is 11.8 Å². The molecule has 8 nitrogen and oxygen atoms in total. The molecule has 0 aliphatic heterocycles. The first-order chi connectivity index (χ1) is 17.7. The van der Waals surface area contributed by atoms with Gasteiger partial charge in [-0.1, -0.05) is 36.4 Å². The Labute approximate surface area is 208 Å². The summed E-state index contributed by atoms with van der Waals surface area (Å²) in [5.41, 5.74) is 4.64. The van der Waals surface area contributed by atoms with Crippen molar-refractivity contribution in [3.05, 3.63) is 132 Å². The Kier molecular flexibility index (Phi) is 6.66. The van der Waals surface area contributed by atoms with E-state index in [1.165, 1.54) is 0 Å². The number of nitrogens with one attached hydrogen (secondary N) is 2. The van der Waals surface area contributed by atoms with E-state index in [0.29, 0.717) is 24.2 Å². The van der Waals surface area contributed by atoms with Crippen LogP contribution in [0, 0.1) is 0 Å². The molecule has 0 atom stereocenters. The lowest BCUT2D eigenvalue weighted by atomic mass is 10.1. The molecule has 2 N–H and O–H groups in total. The number of amides is 2. The second-order valence-electron chi connectivity index (χ2n) is 8.20. The van der Waals surface area contributed by atoms with Crippen molar-refractivity contribution in [2.24, 2.45) is 0 Å². The van der Waals surface area contributed by atoms with Crippen molar-refractivity contribution in [3.8, 4) is 11.4 Å².